The Hall–Kier alpha value is -2.57. The zero-order valence-corrected chi connectivity index (χ0v) is 13.5. The van der Waals surface area contributed by atoms with Crippen LogP contribution in [0.15, 0.2) is 59.0 Å². The highest BCUT2D eigenvalue weighted by atomic mass is 35.5. The molecule has 3 N–H and O–H groups in total. The largest absolute Gasteiger partial charge is 0.457 e. The summed E-state index contributed by atoms with van der Waals surface area (Å²) in [6, 6.07) is 14.8. The molecule has 0 amide bonds. The van der Waals surface area contributed by atoms with Crippen molar-refractivity contribution < 1.29 is 4.74 Å². The third-order valence-corrected chi connectivity index (χ3v) is 3.84. The van der Waals surface area contributed by atoms with E-state index in [2.05, 4.69) is 15.5 Å². The second-order valence-corrected chi connectivity index (χ2v) is 5.87. The molecule has 0 bridgehead atoms. The highest BCUT2D eigenvalue weighted by Gasteiger charge is 1.98. The van der Waals surface area contributed by atoms with Gasteiger partial charge >= 0.3 is 0 Å². The fourth-order valence-electron chi connectivity index (χ4n) is 1.76. The average molecular weight is 345 g/mol. The number of nitrogens with one attached hydrogen (secondary N) is 1. The first-order valence-electron chi connectivity index (χ1n) is 6.72. The topological polar surface area (TPSA) is 72.5 Å². The van der Waals surface area contributed by atoms with E-state index in [1.807, 2.05) is 36.4 Å². The summed E-state index contributed by atoms with van der Waals surface area (Å²) in [4.78, 5) is 4.05. The zero-order valence-electron chi connectivity index (χ0n) is 11.9. The van der Waals surface area contributed by atoms with Crippen molar-refractivity contribution in [1.29, 1.82) is 0 Å². The standard InChI is InChI=1S/C16H13ClN4OS/c17-12-3-7-14(8-4-12)22-13-5-1-11(2-6-13)9-19-21-16-20-15(18)10-23-16/h1-10H,18H2,(H,20,21). The van der Waals surface area contributed by atoms with Crippen LogP contribution in [0.1, 0.15) is 5.56 Å². The van der Waals surface area contributed by atoms with Crippen LogP contribution in [-0.4, -0.2) is 11.2 Å². The number of ether oxygens (including phenoxy) is 1. The van der Waals surface area contributed by atoms with Gasteiger partial charge in [0.1, 0.15) is 17.3 Å². The third kappa shape index (κ3) is 4.45. The van der Waals surface area contributed by atoms with Crippen molar-refractivity contribution in [3.8, 4) is 11.5 Å². The lowest BCUT2D eigenvalue weighted by molar-refractivity contribution is 0.482. The Bertz CT molecular complexity index is 800. The molecule has 1 aromatic heterocycles. The Kier molecular flexibility index (Phi) is 4.75. The van der Waals surface area contributed by atoms with Gasteiger partial charge in [0.15, 0.2) is 0 Å². The van der Waals surface area contributed by atoms with E-state index >= 15 is 0 Å². The van der Waals surface area contributed by atoms with Crippen molar-refractivity contribution in [2.75, 3.05) is 11.2 Å². The van der Waals surface area contributed by atoms with E-state index in [1.165, 1.54) is 11.3 Å². The minimum Gasteiger partial charge on any atom is -0.457 e. The highest BCUT2D eigenvalue weighted by Crippen LogP contribution is 2.23. The summed E-state index contributed by atoms with van der Waals surface area (Å²) < 4.78 is 5.72. The number of benzene rings is 2. The Balaban J connectivity index is 1.59. The van der Waals surface area contributed by atoms with E-state index in [0.717, 1.165) is 17.1 Å². The number of rotatable bonds is 5. The normalized spacial score (nSPS) is 10.8. The van der Waals surface area contributed by atoms with Crippen LogP contribution in [0.3, 0.4) is 0 Å². The summed E-state index contributed by atoms with van der Waals surface area (Å²) in [5.41, 5.74) is 9.30. The van der Waals surface area contributed by atoms with Crippen LogP contribution in [0.4, 0.5) is 10.9 Å². The molecule has 1 heterocycles. The lowest BCUT2D eigenvalue weighted by Gasteiger charge is -2.05. The minimum absolute atomic E-state index is 0.483. The van der Waals surface area contributed by atoms with Crippen molar-refractivity contribution in [2.45, 2.75) is 0 Å². The molecule has 2 aromatic carbocycles. The number of hydrogen-bond acceptors (Lipinski definition) is 6. The van der Waals surface area contributed by atoms with Crippen molar-refractivity contribution in [1.82, 2.24) is 4.98 Å². The van der Waals surface area contributed by atoms with E-state index < -0.39 is 0 Å². The van der Waals surface area contributed by atoms with Crippen molar-refractivity contribution >= 4 is 40.1 Å². The summed E-state index contributed by atoms with van der Waals surface area (Å²) >= 11 is 7.24. The van der Waals surface area contributed by atoms with Gasteiger partial charge in [0.05, 0.1) is 6.21 Å². The van der Waals surface area contributed by atoms with Gasteiger partial charge in [-0.25, -0.2) is 4.98 Å². The van der Waals surface area contributed by atoms with Gasteiger partial charge in [-0.2, -0.15) is 5.10 Å². The van der Waals surface area contributed by atoms with Crippen LogP contribution in [-0.2, 0) is 0 Å². The molecule has 0 saturated heterocycles. The molecule has 0 aliphatic carbocycles. The first-order chi connectivity index (χ1) is 11.2. The van der Waals surface area contributed by atoms with Gasteiger partial charge in [0, 0.05) is 10.4 Å². The predicted octanol–water partition coefficient (Wildman–Crippen LogP) is 4.62. The second-order valence-electron chi connectivity index (χ2n) is 4.57. The molecule has 0 fully saturated rings. The first kappa shape index (κ1) is 15.3. The summed E-state index contributed by atoms with van der Waals surface area (Å²) in [6.45, 7) is 0. The molecular weight excluding hydrogens is 332 g/mol. The molecule has 3 aromatic rings. The molecule has 7 heteroatoms. The molecule has 0 aliphatic rings. The Morgan fingerprint density at radius 2 is 1.74 bits per heavy atom. The molecular formula is C16H13ClN4OS. The third-order valence-electron chi connectivity index (χ3n) is 2.83. The second kappa shape index (κ2) is 7.13. The van der Waals surface area contributed by atoms with E-state index in [0.29, 0.717) is 16.0 Å². The maximum atomic E-state index is 5.84. The Morgan fingerprint density at radius 1 is 1.09 bits per heavy atom. The van der Waals surface area contributed by atoms with Crippen LogP contribution >= 0.6 is 22.9 Å². The molecule has 5 nitrogen and oxygen atoms in total. The van der Waals surface area contributed by atoms with E-state index in [9.17, 15) is 0 Å². The number of anilines is 2. The summed E-state index contributed by atoms with van der Waals surface area (Å²) in [6.07, 6.45) is 1.70. The summed E-state index contributed by atoms with van der Waals surface area (Å²) in [7, 11) is 0. The highest BCUT2D eigenvalue weighted by molar-refractivity contribution is 7.14. The van der Waals surface area contributed by atoms with Crippen LogP contribution in [0.2, 0.25) is 5.02 Å². The maximum Gasteiger partial charge on any atom is 0.205 e. The molecule has 0 atom stereocenters. The Morgan fingerprint density at radius 3 is 2.35 bits per heavy atom. The van der Waals surface area contributed by atoms with Gasteiger partial charge < -0.3 is 10.5 Å². The van der Waals surface area contributed by atoms with Crippen LogP contribution in [0.25, 0.3) is 0 Å². The SMILES string of the molecule is Nc1csc(NN=Cc2ccc(Oc3ccc(Cl)cc3)cc2)n1. The molecule has 116 valence electrons. The molecule has 0 aliphatic heterocycles. The number of nitrogens with two attached hydrogens (primary N) is 1. The van der Waals surface area contributed by atoms with Crippen LogP contribution in [0.5, 0.6) is 11.5 Å². The van der Waals surface area contributed by atoms with Crippen molar-refractivity contribution in [3.05, 3.63) is 64.5 Å². The Labute approximate surface area is 142 Å². The molecule has 0 unspecified atom stereocenters. The fraction of sp³-hybridized carbons (Fsp3) is 0. The van der Waals surface area contributed by atoms with E-state index in [4.69, 9.17) is 22.1 Å². The number of halogens is 1. The maximum absolute atomic E-state index is 5.84. The lowest BCUT2D eigenvalue weighted by atomic mass is 10.2. The minimum atomic E-state index is 0.483. The molecule has 23 heavy (non-hydrogen) atoms. The van der Waals surface area contributed by atoms with Gasteiger partial charge in [0.2, 0.25) is 5.13 Å². The average Bonchev–Trinajstić information content (AvgIpc) is 2.97. The molecule has 3 rings (SSSR count). The van der Waals surface area contributed by atoms with Gasteiger partial charge in [-0.3, -0.25) is 5.43 Å². The monoisotopic (exact) mass is 344 g/mol. The quantitative estimate of drug-likeness (QED) is 0.523. The van der Waals surface area contributed by atoms with Crippen molar-refractivity contribution in [3.63, 3.8) is 0 Å². The molecule has 0 saturated carbocycles. The smallest absolute Gasteiger partial charge is 0.205 e. The zero-order chi connectivity index (χ0) is 16.1. The van der Waals surface area contributed by atoms with Gasteiger partial charge in [-0.15, -0.1) is 11.3 Å². The number of hydrazone groups is 1. The predicted molar refractivity (Wildman–Crippen MR) is 95.7 cm³/mol. The molecule has 0 spiro atoms. The van der Waals surface area contributed by atoms with Gasteiger partial charge in [-0.1, -0.05) is 11.6 Å². The number of thiazole rings is 1. The lowest BCUT2D eigenvalue weighted by Crippen LogP contribution is -1.91. The van der Waals surface area contributed by atoms with Gasteiger partial charge in [0.25, 0.3) is 0 Å². The number of nitrogen functional groups attached to an aromatic ring is 1. The van der Waals surface area contributed by atoms with Crippen LogP contribution < -0.4 is 15.9 Å². The van der Waals surface area contributed by atoms with Gasteiger partial charge in [-0.05, 0) is 54.1 Å². The summed E-state index contributed by atoms with van der Waals surface area (Å²) in [5, 5.41) is 7.19. The van der Waals surface area contributed by atoms with Crippen LogP contribution in [0, 0.1) is 0 Å². The van der Waals surface area contributed by atoms with E-state index in [-0.39, 0.29) is 0 Å². The number of nitrogens with zero attached hydrogens (tertiary/aromatic N) is 2. The summed E-state index contributed by atoms with van der Waals surface area (Å²) in [5.74, 6) is 1.96. The fourth-order valence-corrected chi connectivity index (χ4v) is 2.43. The first-order valence-corrected chi connectivity index (χ1v) is 7.98. The molecule has 0 radical (unpaired) electrons. The van der Waals surface area contributed by atoms with Crippen molar-refractivity contribution in [2.24, 2.45) is 5.10 Å². The van der Waals surface area contributed by atoms with E-state index in [1.54, 1.807) is 23.7 Å². The number of hydrogen-bond donors (Lipinski definition) is 2. The number of aromatic nitrogens is 1.